The summed E-state index contributed by atoms with van der Waals surface area (Å²) in [5, 5.41) is 10.6. The van der Waals surface area contributed by atoms with Gasteiger partial charge in [0.25, 0.3) is 0 Å². The zero-order valence-electron chi connectivity index (χ0n) is 14.3. The van der Waals surface area contributed by atoms with Gasteiger partial charge in [-0.15, -0.1) is 0 Å². The molecule has 0 bridgehead atoms. The maximum atomic E-state index is 13.3. The van der Waals surface area contributed by atoms with E-state index in [2.05, 4.69) is 18.8 Å². The van der Waals surface area contributed by atoms with E-state index in [4.69, 9.17) is 10.5 Å². The molecule has 2 aromatic rings. The molecule has 24 heavy (non-hydrogen) atoms. The molecule has 1 aromatic heterocycles. The third-order valence-electron chi connectivity index (χ3n) is 5.01. The SMILES string of the molecule is CC[C@@]1(C)COc2c1cc([C@@](C)(O)CN)nc2-c1ccc(F)cc1. The smallest absolute Gasteiger partial charge is 0.149 e. The zero-order valence-corrected chi connectivity index (χ0v) is 14.3. The van der Waals surface area contributed by atoms with Crippen LogP contribution >= 0.6 is 0 Å². The van der Waals surface area contributed by atoms with E-state index >= 15 is 0 Å². The van der Waals surface area contributed by atoms with Crippen molar-refractivity contribution in [1.82, 2.24) is 4.98 Å². The van der Waals surface area contributed by atoms with Crippen LogP contribution in [0, 0.1) is 5.82 Å². The molecule has 2 heterocycles. The Morgan fingerprint density at radius 1 is 1.38 bits per heavy atom. The second kappa shape index (κ2) is 5.83. The number of halogens is 1. The van der Waals surface area contributed by atoms with Gasteiger partial charge in [0.15, 0.2) is 0 Å². The first-order valence-electron chi connectivity index (χ1n) is 8.18. The van der Waals surface area contributed by atoms with Gasteiger partial charge < -0.3 is 15.6 Å². The average Bonchev–Trinajstić information content (AvgIpc) is 2.93. The summed E-state index contributed by atoms with van der Waals surface area (Å²) >= 11 is 0. The molecule has 0 saturated heterocycles. The van der Waals surface area contributed by atoms with Gasteiger partial charge in [0.05, 0.1) is 12.3 Å². The highest BCUT2D eigenvalue weighted by Gasteiger charge is 2.39. The van der Waals surface area contributed by atoms with E-state index in [0.717, 1.165) is 17.5 Å². The van der Waals surface area contributed by atoms with Gasteiger partial charge >= 0.3 is 0 Å². The van der Waals surface area contributed by atoms with Gasteiger partial charge in [0, 0.05) is 23.1 Å². The third-order valence-corrected chi connectivity index (χ3v) is 5.01. The molecular formula is C19H23FN2O2. The van der Waals surface area contributed by atoms with Crippen molar-refractivity contribution in [3.63, 3.8) is 0 Å². The van der Waals surface area contributed by atoms with Crippen LogP contribution in [0.1, 0.15) is 38.4 Å². The van der Waals surface area contributed by atoms with E-state index in [1.165, 1.54) is 12.1 Å². The number of rotatable bonds is 4. The Kier molecular flexibility index (Phi) is 4.10. The van der Waals surface area contributed by atoms with Gasteiger partial charge in [0.2, 0.25) is 0 Å². The molecule has 0 aliphatic carbocycles. The monoisotopic (exact) mass is 330 g/mol. The minimum Gasteiger partial charge on any atom is -0.490 e. The Morgan fingerprint density at radius 2 is 2.04 bits per heavy atom. The Hall–Kier alpha value is -1.98. The van der Waals surface area contributed by atoms with Gasteiger partial charge in [-0.1, -0.05) is 13.8 Å². The van der Waals surface area contributed by atoms with E-state index in [9.17, 15) is 9.50 Å². The molecule has 1 aliphatic rings. The van der Waals surface area contributed by atoms with Gasteiger partial charge in [-0.3, -0.25) is 0 Å². The fourth-order valence-electron chi connectivity index (χ4n) is 2.91. The number of benzene rings is 1. The summed E-state index contributed by atoms with van der Waals surface area (Å²) in [6, 6.07) is 8.02. The first-order chi connectivity index (χ1) is 11.3. The lowest BCUT2D eigenvalue weighted by Gasteiger charge is -2.25. The zero-order chi connectivity index (χ0) is 17.5. The summed E-state index contributed by atoms with van der Waals surface area (Å²) in [5.41, 5.74) is 7.24. The number of nitrogens with zero attached hydrogens (tertiary/aromatic N) is 1. The normalized spacial score (nSPS) is 21.9. The summed E-state index contributed by atoms with van der Waals surface area (Å²) in [6.45, 7) is 6.51. The lowest BCUT2D eigenvalue weighted by Crippen LogP contribution is -2.33. The lowest BCUT2D eigenvalue weighted by atomic mass is 9.80. The molecule has 2 atom stereocenters. The minimum absolute atomic E-state index is 0.0609. The summed E-state index contributed by atoms with van der Waals surface area (Å²) in [6.07, 6.45) is 0.900. The average molecular weight is 330 g/mol. The first kappa shape index (κ1) is 16.9. The summed E-state index contributed by atoms with van der Waals surface area (Å²) in [4.78, 5) is 4.61. The van der Waals surface area contributed by atoms with Gasteiger partial charge in [-0.2, -0.15) is 0 Å². The molecule has 3 N–H and O–H groups in total. The molecule has 3 rings (SSSR count). The largest absolute Gasteiger partial charge is 0.490 e. The maximum Gasteiger partial charge on any atom is 0.149 e. The highest BCUT2D eigenvalue weighted by molar-refractivity contribution is 5.70. The van der Waals surface area contributed by atoms with Crippen LogP contribution in [0.2, 0.25) is 0 Å². The quantitative estimate of drug-likeness (QED) is 0.904. The van der Waals surface area contributed by atoms with Crippen molar-refractivity contribution in [2.75, 3.05) is 13.2 Å². The number of ether oxygens (including phenoxy) is 1. The van der Waals surface area contributed by atoms with Crippen molar-refractivity contribution in [2.45, 2.75) is 38.2 Å². The fraction of sp³-hybridized carbons (Fsp3) is 0.421. The lowest BCUT2D eigenvalue weighted by molar-refractivity contribution is 0.0622. The van der Waals surface area contributed by atoms with Crippen LogP contribution in [0.4, 0.5) is 4.39 Å². The Balaban J connectivity index is 2.25. The van der Waals surface area contributed by atoms with Crippen molar-refractivity contribution in [2.24, 2.45) is 5.73 Å². The third kappa shape index (κ3) is 2.68. The van der Waals surface area contributed by atoms with Gasteiger partial charge in [-0.25, -0.2) is 9.37 Å². The molecule has 1 aromatic carbocycles. The van der Waals surface area contributed by atoms with Crippen LogP contribution in [0.15, 0.2) is 30.3 Å². The maximum absolute atomic E-state index is 13.3. The van der Waals surface area contributed by atoms with Crippen molar-refractivity contribution in [3.8, 4) is 17.0 Å². The summed E-state index contributed by atoms with van der Waals surface area (Å²) in [5.74, 6) is 0.405. The molecule has 0 fully saturated rings. The van der Waals surface area contributed by atoms with E-state index in [-0.39, 0.29) is 17.8 Å². The van der Waals surface area contributed by atoms with Crippen molar-refractivity contribution in [1.29, 1.82) is 0 Å². The summed E-state index contributed by atoms with van der Waals surface area (Å²) in [7, 11) is 0. The topological polar surface area (TPSA) is 68.4 Å². The molecule has 0 unspecified atom stereocenters. The highest BCUT2D eigenvalue weighted by atomic mass is 19.1. The molecule has 0 saturated carbocycles. The molecule has 0 spiro atoms. The van der Waals surface area contributed by atoms with E-state index in [1.54, 1.807) is 19.1 Å². The molecular weight excluding hydrogens is 307 g/mol. The fourth-order valence-corrected chi connectivity index (χ4v) is 2.91. The Labute approximate surface area is 141 Å². The minimum atomic E-state index is -1.24. The predicted molar refractivity (Wildman–Crippen MR) is 91.4 cm³/mol. The van der Waals surface area contributed by atoms with Gasteiger partial charge in [-0.05, 0) is 43.7 Å². The van der Waals surface area contributed by atoms with Gasteiger partial charge in [0.1, 0.15) is 22.9 Å². The second-order valence-electron chi connectivity index (χ2n) is 6.92. The Morgan fingerprint density at radius 3 is 2.62 bits per heavy atom. The molecule has 5 heteroatoms. The predicted octanol–water partition coefficient (Wildman–Crippen LogP) is 3.11. The van der Waals surface area contributed by atoms with Crippen LogP contribution in [0.25, 0.3) is 11.3 Å². The van der Waals surface area contributed by atoms with Crippen LogP contribution in [0.3, 0.4) is 0 Å². The number of aliphatic hydroxyl groups is 1. The van der Waals surface area contributed by atoms with Crippen LogP contribution in [-0.4, -0.2) is 23.2 Å². The molecule has 0 amide bonds. The van der Waals surface area contributed by atoms with Crippen molar-refractivity contribution in [3.05, 3.63) is 47.4 Å². The second-order valence-corrected chi connectivity index (χ2v) is 6.92. The number of pyridine rings is 1. The number of hydrogen-bond donors (Lipinski definition) is 2. The van der Waals surface area contributed by atoms with E-state index in [0.29, 0.717) is 23.7 Å². The van der Waals surface area contributed by atoms with E-state index < -0.39 is 5.60 Å². The van der Waals surface area contributed by atoms with Crippen LogP contribution in [-0.2, 0) is 11.0 Å². The molecule has 0 radical (unpaired) electrons. The molecule has 4 nitrogen and oxygen atoms in total. The molecule has 128 valence electrons. The van der Waals surface area contributed by atoms with Crippen molar-refractivity contribution >= 4 is 0 Å². The highest BCUT2D eigenvalue weighted by Crippen LogP contribution is 2.46. The number of hydrogen-bond acceptors (Lipinski definition) is 4. The van der Waals surface area contributed by atoms with Crippen molar-refractivity contribution < 1.29 is 14.2 Å². The standard InChI is InChI=1S/C19H23FN2O2/c1-4-18(2)11-24-17-14(18)9-15(19(3,23)10-21)22-16(17)12-5-7-13(20)8-6-12/h5-9,23H,4,10-11,21H2,1-3H3/t18-,19-/m0/s1. The molecule has 1 aliphatic heterocycles. The van der Waals surface area contributed by atoms with Crippen LogP contribution < -0.4 is 10.5 Å². The number of aromatic nitrogens is 1. The number of nitrogens with two attached hydrogens (primary N) is 1. The first-order valence-corrected chi connectivity index (χ1v) is 8.18. The van der Waals surface area contributed by atoms with E-state index in [1.807, 2.05) is 6.07 Å². The number of fused-ring (bicyclic) bond motifs is 1. The summed E-state index contributed by atoms with van der Waals surface area (Å²) < 4.78 is 19.2. The Bertz CT molecular complexity index is 759. The van der Waals surface area contributed by atoms with Crippen LogP contribution in [0.5, 0.6) is 5.75 Å².